The van der Waals surface area contributed by atoms with Crippen molar-refractivity contribution in [1.82, 2.24) is 0 Å². The minimum atomic E-state index is -0.864. The Kier molecular flexibility index (Phi) is 5.95. The summed E-state index contributed by atoms with van der Waals surface area (Å²) in [7, 11) is 0. The van der Waals surface area contributed by atoms with E-state index in [2.05, 4.69) is 5.32 Å². The van der Waals surface area contributed by atoms with Crippen LogP contribution in [0, 0.1) is 6.92 Å². The Labute approximate surface area is 112 Å². The van der Waals surface area contributed by atoms with Gasteiger partial charge < -0.3 is 16.2 Å². The summed E-state index contributed by atoms with van der Waals surface area (Å²) in [5.74, 6) is -0.321. The maximum absolute atomic E-state index is 10.6. The molecule has 5 heteroatoms. The van der Waals surface area contributed by atoms with Crippen molar-refractivity contribution in [3.63, 3.8) is 0 Å². The molecular weight excluding hydrogens is 252 g/mol. The Morgan fingerprint density at radius 2 is 2.28 bits per heavy atom. The summed E-state index contributed by atoms with van der Waals surface area (Å²) in [6, 6.07) is 5.63. The van der Waals surface area contributed by atoms with Crippen LogP contribution in [-0.2, 0) is 11.2 Å². The fourth-order valence-corrected chi connectivity index (χ4v) is 1.87. The number of nitrogens with one attached hydrogen (secondary N) is 1. The third-order valence-electron chi connectivity index (χ3n) is 2.69. The molecule has 0 radical (unpaired) electrons. The summed E-state index contributed by atoms with van der Waals surface area (Å²) < 4.78 is 0. The molecule has 0 saturated carbocycles. The van der Waals surface area contributed by atoms with Gasteiger partial charge in [0.15, 0.2) is 0 Å². The molecule has 1 atom stereocenters. The molecule has 0 aliphatic heterocycles. The van der Waals surface area contributed by atoms with E-state index < -0.39 is 5.97 Å². The average molecular weight is 271 g/mol. The molecule has 100 valence electrons. The number of nitrogens with two attached hydrogens (primary N) is 1. The topological polar surface area (TPSA) is 75.3 Å². The number of halogens is 1. The van der Waals surface area contributed by atoms with Crippen LogP contribution in [0.4, 0.5) is 5.69 Å². The zero-order chi connectivity index (χ0) is 13.5. The van der Waals surface area contributed by atoms with Gasteiger partial charge in [-0.15, -0.1) is 11.6 Å². The summed E-state index contributed by atoms with van der Waals surface area (Å²) in [6.07, 6.45) is 0.549. The summed E-state index contributed by atoms with van der Waals surface area (Å²) in [6.45, 7) is 2.69. The summed E-state index contributed by atoms with van der Waals surface area (Å²) in [5.41, 5.74) is 8.98. The van der Waals surface area contributed by atoms with E-state index in [1.54, 1.807) is 0 Å². The van der Waals surface area contributed by atoms with Gasteiger partial charge in [0.25, 0.3) is 0 Å². The largest absolute Gasteiger partial charge is 0.481 e. The van der Waals surface area contributed by atoms with Crippen LogP contribution >= 0.6 is 11.6 Å². The number of benzene rings is 1. The first-order valence-electron chi connectivity index (χ1n) is 5.89. The summed E-state index contributed by atoms with van der Waals surface area (Å²) in [5, 5.41) is 11.9. The van der Waals surface area contributed by atoms with E-state index >= 15 is 0 Å². The van der Waals surface area contributed by atoms with Crippen LogP contribution in [0.15, 0.2) is 18.2 Å². The molecule has 0 spiro atoms. The monoisotopic (exact) mass is 270 g/mol. The second kappa shape index (κ2) is 7.24. The normalized spacial score (nSPS) is 12.2. The van der Waals surface area contributed by atoms with E-state index in [1.165, 1.54) is 0 Å². The number of hydrogen-bond acceptors (Lipinski definition) is 3. The van der Waals surface area contributed by atoms with Gasteiger partial charge in [-0.2, -0.15) is 0 Å². The highest BCUT2D eigenvalue weighted by Gasteiger charge is 2.10. The second-order valence-corrected chi connectivity index (χ2v) is 4.70. The van der Waals surface area contributed by atoms with Gasteiger partial charge in [0.2, 0.25) is 0 Å². The van der Waals surface area contributed by atoms with Crippen LogP contribution in [0.25, 0.3) is 0 Å². The van der Waals surface area contributed by atoms with Gasteiger partial charge in [-0.3, -0.25) is 4.79 Å². The number of carboxylic acid groups (broad SMARTS) is 1. The van der Waals surface area contributed by atoms with E-state index in [0.717, 1.165) is 16.8 Å². The van der Waals surface area contributed by atoms with Gasteiger partial charge in [-0.1, -0.05) is 6.07 Å². The number of aryl methyl sites for hydroxylation is 1. The zero-order valence-corrected chi connectivity index (χ0v) is 11.2. The van der Waals surface area contributed by atoms with Crippen LogP contribution in [0.5, 0.6) is 0 Å². The summed E-state index contributed by atoms with van der Waals surface area (Å²) >= 11 is 5.62. The average Bonchev–Trinajstić information content (AvgIpc) is 2.29. The lowest BCUT2D eigenvalue weighted by Gasteiger charge is -2.13. The molecule has 0 aromatic heterocycles. The smallest absolute Gasteiger partial charge is 0.304 e. The Morgan fingerprint density at radius 3 is 2.89 bits per heavy atom. The molecule has 0 aliphatic rings. The summed E-state index contributed by atoms with van der Waals surface area (Å²) in [4.78, 5) is 10.6. The fourth-order valence-electron chi connectivity index (χ4n) is 1.77. The minimum absolute atomic E-state index is 0.0151. The fraction of sp³-hybridized carbons (Fsp3) is 0.462. The van der Waals surface area contributed by atoms with Crippen molar-refractivity contribution in [1.29, 1.82) is 0 Å². The number of carboxylic acids is 1. The predicted molar refractivity (Wildman–Crippen MR) is 74.3 cm³/mol. The first-order chi connectivity index (χ1) is 8.52. The van der Waals surface area contributed by atoms with Crippen LogP contribution < -0.4 is 11.1 Å². The highest BCUT2D eigenvalue weighted by molar-refractivity contribution is 6.18. The zero-order valence-electron chi connectivity index (χ0n) is 10.4. The number of alkyl halides is 1. The highest BCUT2D eigenvalue weighted by Crippen LogP contribution is 2.17. The third kappa shape index (κ3) is 4.94. The highest BCUT2D eigenvalue weighted by atomic mass is 35.5. The number of hydrogen-bond donors (Lipinski definition) is 3. The minimum Gasteiger partial charge on any atom is -0.481 e. The van der Waals surface area contributed by atoms with Crippen molar-refractivity contribution in [3.05, 3.63) is 29.3 Å². The molecule has 0 heterocycles. The first-order valence-corrected chi connectivity index (χ1v) is 6.43. The Bertz CT molecular complexity index is 410. The molecule has 1 aromatic rings. The number of anilines is 1. The molecule has 0 aliphatic carbocycles. The molecule has 4 N–H and O–H groups in total. The van der Waals surface area contributed by atoms with Crippen molar-refractivity contribution in [2.24, 2.45) is 5.73 Å². The maximum atomic E-state index is 10.6. The number of carbonyl (C=O) groups is 1. The van der Waals surface area contributed by atoms with E-state index in [0.29, 0.717) is 18.8 Å². The molecule has 4 nitrogen and oxygen atoms in total. The van der Waals surface area contributed by atoms with Gasteiger partial charge >= 0.3 is 5.97 Å². The van der Waals surface area contributed by atoms with Crippen molar-refractivity contribution < 1.29 is 9.90 Å². The molecule has 18 heavy (non-hydrogen) atoms. The third-order valence-corrected chi connectivity index (χ3v) is 2.88. The Balaban J connectivity index is 2.71. The Hall–Kier alpha value is -1.26. The quantitative estimate of drug-likeness (QED) is 0.663. The van der Waals surface area contributed by atoms with Crippen molar-refractivity contribution in [2.75, 3.05) is 17.7 Å². The molecule has 0 saturated heterocycles. The van der Waals surface area contributed by atoms with Crippen molar-refractivity contribution >= 4 is 23.3 Å². The lowest BCUT2D eigenvalue weighted by molar-refractivity contribution is -0.137. The molecule has 0 fully saturated rings. The van der Waals surface area contributed by atoms with E-state index in [4.69, 9.17) is 22.4 Å². The van der Waals surface area contributed by atoms with Crippen molar-refractivity contribution in [2.45, 2.75) is 25.8 Å². The molecular formula is C13H19ClN2O2. The molecule has 1 aromatic carbocycles. The van der Waals surface area contributed by atoms with Gasteiger partial charge in [0, 0.05) is 24.2 Å². The molecule has 0 amide bonds. The lowest BCUT2D eigenvalue weighted by atomic mass is 9.99. The van der Waals surface area contributed by atoms with Gasteiger partial charge in [0.05, 0.1) is 6.42 Å². The standard InChI is InChI=1S/C13H19ClN2O2/c1-9-2-3-12(16-5-4-14)7-10(9)6-11(15)8-13(17)18/h2-3,7,11,16H,4-6,8,15H2,1H3,(H,17,18)/t11-/m0/s1. The van der Waals surface area contributed by atoms with Crippen molar-refractivity contribution in [3.8, 4) is 0 Å². The molecule has 0 unspecified atom stereocenters. The van der Waals surface area contributed by atoms with Gasteiger partial charge in [-0.25, -0.2) is 0 Å². The maximum Gasteiger partial charge on any atom is 0.304 e. The molecule has 0 bridgehead atoms. The van der Waals surface area contributed by atoms with E-state index in [1.807, 2.05) is 25.1 Å². The Morgan fingerprint density at radius 1 is 1.56 bits per heavy atom. The predicted octanol–water partition coefficient (Wildman–Crippen LogP) is 1.99. The molecule has 1 rings (SSSR count). The van der Waals surface area contributed by atoms with Crippen LogP contribution in [0.3, 0.4) is 0 Å². The number of aliphatic carboxylic acids is 1. The number of rotatable bonds is 7. The van der Waals surface area contributed by atoms with Crippen LogP contribution in [0.1, 0.15) is 17.5 Å². The van der Waals surface area contributed by atoms with E-state index in [-0.39, 0.29) is 12.5 Å². The lowest BCUT2D eigenvalue weighted by Crippen LogP contribution is -2.26. The van der Waals surface area contributed by atoms with Gasteiger partial charge in [-0.05, 0) is 36.6 Å². The van der Waals surface area contributed by atoms with Gasteiger partial charge in [0.1, 0.15) is 0 Å². The second-order valence-electron chi connectivity index (χ2n) is 4.32. The van der Waals surface area contributed by atoms with Crippen LogP contribution in [-0.4, -0.2) is 29.5 Å². The SMILES string of the molecule is Cc1ccc(NCCCl)cc1C[C@H](N)CC(=O)O. The van der Waals surface area contributed by atoms with Crippen LogP contribution in [0.2, 0.25) is 0 Å². The van der Waals surface area contributed by atoms with E-state index in [9.17, 15) is 4.79 Å². The first kappa shape index (κ1) is 14.8.